The Morgan fingerprint density at radius 3 is 2.34 bits per heavy atom. The van der Waals surface area contributed by atoms with Crippen molar-refractivity contribution >= 4 is 5.91 Å². The molecule has 1 aromatic carbocycles. The summed E-state index contributed by atoms with van der Waals surface area (Å²) in [6.07, 6.45) is -8.39. The van der Waals surface area contributed by atoms with E-state index in [9.17, 15) is 31.1 Å². The molecule has 5 nitrogen and oxygen atoms in total. The van der Waals surface area contributed by atoms with Crippen LogP contribution in [0, 0.1) is 0 Å². The minimum Gasteiger partial charge on any atom is -0.483 e. The zero-order valence-electron chi connectivity index (χ0n) is 16.4. The number of amides is 1. The molecule has 3 rings (SSSR count). The molecule has 2 heterocycles. The highest BCUT2D eigenvalue weighted by Crippen LogP contribution is 2.37. The molecule has 0 saturated carbocycles. The van der Waals surface area contributed by atoms with Crippen LogP contribution in [0.3, 0.4) is 0 Å². The number of halogens is 6. The molecule has 3 aromatic rings. The number of benzene rings is 1. The van der Waals surface area contributed by atoms with Crippen molar-refractivity contribution in [2.24, 2.45) is 0 Å². The smallest absolute Gasteiger partial charge is 0.450 e. The third kappa shape index (κ3) is 5.80. The third-order valence-corrected chi connectivity index (χ3v) is 4.25. The van der Waals surface area contributed by atoms with Gasteiger partial charge in [0.1, 0.15) is 11.5 Å². The molecule has 0 aliphatic carbocycles. The van der Waals surface area contributed by atoms with E-state index in [1.54, 1.807) is 18.2 Å². The van der Waals surface area contributed by atoms with Gasteiger partial charge in [-0.25, -0.2) is 0 Å². The molecular formula is C21H16F6N2O3. The van der Waals surface area contributed by atoms with Gasteiger partial charge in [0.2, 0.25) is 5.76 Å². The molecule has 1 atom stereocenters. The van der Waals surface area contributed by atoms with E-state index in [4.69, 9.17) is 4.42 Å². The summed E-state index contributed by atoms with van der Waals surface area (Å²) in [5.74, 6) is -2.76. The molecule has 170 valence electrons. The first kappa shape index (κ1) is 23.2. The predicted octanol–water partition coefficient (Wildman–Crippen LogP) is 5.79. The van der Waals surface area contributed by atoms with Crippen molar-refractivity contribution in [2.75, 3.05) is 6.61 Å². The van der Waals surface area contributed by atoms with E-state index in [1.807, 2.05) is 0 Å². The topological polar surface area (TPSA) is 64.4 Å². The summed E-state index contributed by atoms with van der Waals surface area (Å²) in [5.41, 5.74) is -0.132. The van der Waals surface area contributed by atoms with Gasteiger partial charge in [-0.05, 0) is 25.1 Å². The van der Waals surface area contributed by atoms with Crippen LogP contribution in [-0.2, 0) is 6.18 Å². The number of rotatable bonds is 6. The van der Waals surface area contributed by atoms with E-state index in [1.165, 1.54) is 31.2 Å². The fraction of sp³-hybridized carbons (Fsp3) is 0.238. The molecule has 1 unspecified atom stereocenters. The second-order valence-electron chi connectivity index (χ2n) is 6.74. The van der Waals surface area contributed by atoms with Crippen LogP contribution in [0.25, 0.3) is 11.3 Å². The highest BCUT2D eigenvalue weighted by Gasteiger charge is 2.40. The van der Waals surface area contributed by atoms with Crippen molar-refractivity contribution in [1.29, 1.82) is 0 Å². The van der Waals surface area contributed by atoms with E-state index in [0.717, 1.165) is 12.3 Å². The minimum atomic E-state index is -4.90. The van der Waals surface area contributed by atoms with Crippen LogP contribution in [0.1, 0.15) is 34.8 Å². The Balaban J connectivity index is 1.77. The Labute approximate surface area is 178 Å². The van der Waals surface area contributed by atoms with Crippen LogP contribution < -0.4 is 10.1 Å². The first-order chi connectivity index (χ1) is 14.9. The minimum absolute atomic E-state index is 0.125. The Morgan fingerprint density at radius 2 is 1.78 bits per heavy atom. The van der Waals surface area contributed by atoms with Gasteiger partial charge in [0.15, 0.2) is 6.61 Å². The Bertz CT molecular complexity index is 1060. The number of carbonyl (C=O) groups is 1. The van der Waals surface area contributed by atoms with Crippen LogP contribution in [0.5, 0.6) is 5.75 Å². The summed E-state index contributed by atoms with van der Waals surface area (Å²) in [4.78, 5) is 16.5. The maximum absolute atomic E-state index is 13.4. The monoisotopic (exact) mass is 458 g/mol. The largest absolute Gasteiger partial charge is 0.483 e. The van der Waals surface area contributed by atoms with Gasteiger partial charge in [0.25, 0.3) is 5.91 Å². The summed E-state index contributed by atoms with van der Waals surface area (Å²) in [5, 5.41) is 2.38. The number of ether oxygens (including phenoxy) is 1. The molecule has 1 N–H and O–H groups in total. The molecule has 0 fully saturated rings. The quantitative estimate of drug-likeness (QED) is 0.475. The molecule has 2 aromatic heterocycles. The van der Waals surface area contributed by atoms with E-state index in [0.29, 0.717) is 5.56 Å². The second kappa shape index (κ2) is 8.93. The Kier molecular flexibility index (Phi) is 6.47. The number of alkyl halides is 6. The Morgan fingerprint density at radius 1 is 1.09 bits per heavy atom. The second-order valence-corrected chi connectivity index (χ2v) is 6.74. The summed E-state index contributed by atoms with van der Waals surface area (Å²) in [7, 11) is 0. The van der Waals surface area contributed by atoms with Crippen molar-refractivity contribution < 1.29 is 40.3 Å². The van der Waals surface area contributed by atoms with Crippen molar-refractivity contribution in [3.63, 3.8) is 0 Å². The lowest BCUT2D eigenvalue weighted by molar-refractivity contribution is -0.153. The third-order valence-electron chi connectivity index (χ3n) is 4.25. The SMILES string of the molecule is CC(NC(=O)c1cc(-c2ccccc2)oc1C(F)(F)F)c1ccc(OCC(F)(F)F)cn1. The van der Waals surface area contributed by atoms with Crippen molar-refractivity contribution in [2.45, 2.75) is 25.3 Å². The number of aromatic nitrogens is 1. The number of nitrogens with zero attached hydrogens (tertiary/aromatic N) is 1. The van der Waals surface area contributed by atoms with Crippen molar-refractivity contribution in [3.8, 4) is 17.1 Å². The first-order valence-electron chi connectivity index (χ1n) is 9.17. The molecule has 0 spiro atoms. The fourth-order valence-corrected chi connectivity index (χ4v) is 2.76. The highest BCUT2D eigenvalue weighted by molar-refractivity contribution is 5.96. The molecule has 0 aliphatic heterocycles. The van der Waals surface area contributed by atoms with E-state index < -0.39 is 42.2 Å². The van der Waals surface area contributed by atoms with Crippen LogP contribution in [0.2, 0.25) is 0 Å². The van der Waals surface area contributed by atoms with Gasteiger partial charge in [-0.2, -0.15) is 26.3 Å². The maximum atomic E-state index is 13.4. The van der Waals surface area contributed by atoms with Gasteiger partial charge in [0.05, 0.1) is 23.5 Å². The summed E-state index contributed by atoms with van der Waals surface area (Å²) < 4.78 is 86.3. The zero-order valence-corrected chi connectivity index (χ0v) is 16.4. The van der Waals surface area contributed by atoms with E-state index >= 15 is 0 Å². The van der Waals surface area contributed by atoms with Crippen LogP contribution in [0.4, 0.5) is 26.3 Å². The van der Waals surface area contributed by atoms with Crippen molar-refractivity contribution in [1.82, 2.24) is 10.3 Å². The average Bonchev–Trinajstić information content (AvgIpc) is 3.19. The first-order valence-corrected chi connectivity index (χ1v) is 9.17. The zero-order chi connectivity index (χ0) is 23.5. The molecule has 11 heteroatoms. The summed E-state index contributed by atoms with van der Waals surface area (Å²) in [6.45, 7) is -0.0350. The van der Waals surface area contributed by atoms with E-state index in [-0.39, 0.29) is 17.2 Å². The lowest BCUT2D eigenvalue weighted by atomic mass is 10.1. The fourth-order valence-electron chi connectivity index (χ4n) is 2.76. The number of nitrogens with one attached hydrogen (secondary N) is 1. The van der Waals surface area contributed by atoms with Gasteiger partial charge >= 0.3 is 12.4 Å². The molecule has 0 saturated heterocycles. The standard InChI is InChI=1S/C21H16F6N2O3/c1-12(16-8-7-14(10-28-16)31-11-20(22,23)24)29-19(30)15-9-17(13-5-3-2-4-6-13)32-18(15)21(25,26)27/h2-10,12H,11H2,1H3,(H,29,30). The van der Waals surface area contributed by atoms with Crippen LogP contribution >= 0.6 is 0 Å². The molecule has 0 bridgehead atoms. The van der Waals surface area contributed by atoms with E-state index in [2.05, 4.69) is 15.0 Å². The number of hydrogen-bond acceptors (Lipinski definition) is 4. The number of carbonyl (C=O) groups excluding carboxylic acids is 1. The molecule has 1 amide bonds. The molecule has 0 radical (unpaired) electrons. The highest BCUT2D eigenvalue weighted by atomic mass is 19.4. The lowest BCUT2D eigenvalue weighted by Gasteiger charge is -2.15. The predicted molar refractivity (Wildman–Crippen MR) is 101 cm³/mol. The molecule has 0 aliphatic rings. The van der Waals surface area contributed by atoms with Crippen LogP contribution in [-0.4, -0.2) is 23.7 Å². The summed E-state index contributed by atoms with van der Waals surface area (Å²) in [6, 6.07) is 10.6. The number of furan rings is 1. The molecule has 32 heavy (non-hydrogen) atoms. The number of pyridine rings is 1. The van der Waals surface area contributed by atoms with Gasteiger partial charge in [-0.1, -0.05) is 30.3 Å². The van der Waals surface area contributed by atoms with Gasteiger partial charge in [0, 0.05) is 5.56 Å². The van der Waals surface area contributed by atoms with Gasteiger partial charge in [-0.15, -0.1) is 0 Å². The summed E-state index contributed by atoms with van der Waals surface area (Å²) >= 11 is 0. The normalized spacial score (nSPS) is 13.0. The lowest BCUT2D eigenvalue weighted by Crippen LogP contribution is -2.28. The number of hydrogen-bond donors (Lipinski definition) is 1. The molecular weight excluding hydrogens is 442 g/mol. The van der Waals surface area contributed by atoms with Gasteiger partial charge in [-0.3, -0.25) is 9.78 Å². The average molecular weight is 458 g/mol. The van der Waals surface area contributed by atoms with Crippen LogP contribution in [0.15, 0.2) is 59.1 Å². The van der Waals surface area contributed by atoms with Gasteiger partial charge < -0.3 is 14.5 Å². The van der Waals surface area contributed by atoms with Crippen molar-refractivity contribution in [3.05, 3.63) is 71.7 Å². The Hall–Kier alpha value is -3.50. The maximum Gasteiger partial charge on any atom is 0.450 e.